The Morgan fingerprint density at radius 3 is 2.31 bits per heavy atom. The van der Waals surface area contributed by atoms with Gasteiger partial charge in [0.1, 0.15) is 5.60 Å². The molecule has 0 bridgehead atoms. The van der Waals surface area contributed by atoms with Crippen LogP contribution >= 0.6 is 0 Å². The summed E-state index contributed by atoms with van der Waals surface area (Å²) in [7, 11) is 0. The monoisotopic (exact) mass is 231 g/mol. The number of amides is 1. The Labute approximate surface area is 98.4 Å². The molecular weight excluding hydrogens is 206 g/mol. The van der Waals surface area contributed by atoms with Crippen molar-refractivity contribution in [3.05, 3.63) is 0 Å². The lowest BCUT2D eigenvalue weighted by Gasteiger charge is -2.19. The van der Waals surface area contributed by atoms with Crippen LogP contribution in [-0.2, 0) is 4.74 Å². The summed E-state index contributed by atoms with van der Waals surface area (Å²) >= 11 is 0. The first-order valence-corrected chi connectivity index (χ1v) is 6.00. The van der Waals surface area contributed by atoms with Gasteiger partial charge in [0.05, 0.1) is 0 Å². The summed E-state index contributed by atoms with van der Waals surface area (Å²) in [4.78, 5) is 11.2. The molecule has 0 radical (unpaired) electrons. The molecule has 2 atom stereocenters. The number of aliphatic hydroxyl groups excluding tert-OH is 1. The summed E-state index contributed by atoms with van der Waals surface area (Å²) < 4.78 is 5.07. The highest BCUT2D eigenvalue weighted by Crippen LogP contribution is 2.36. The molecular formula is C12H25NO3. The van der Waals surface area contributed by atoms with E-state index in [9.17, 15) is 4.79 Å². The van der Waals surface area contributed by atoms with E-state index in [1.165, 1.54) is 0 Å². The number of hydrogen-bond acceptors (Lipinski definition) is 3. The van der Waals surface area contributed by atoms with Crippen molar-refractivity contribution in [2.75, 3.05) is 13.2 Å². The van der Waals surface area contributed by atoms with E-state index in [0.717, 1.165) is 6.42 Å². The summed E-state index contributed by atoms with van der Waals surface area (Å²) in [6, 6.07) is 0. The summed E-state index contributed by atoms with van der Waals surface area (Å²) in [6.07, 6.45) is 0.632. The van der Waals surface area contributed by atoms with Crippen LogP contribution < -0.4 is 5.32 Å². The average molecular weight is 231 g/mol. The van der Waals surface area contributed by atoms with Gasteiger partial charge in [0.25, 0.3) is 0 Å². The Balaban J connectivity index is 0.00000106. The zero-order chi connectivity index (χ0) is 12.8. The third-order valence-electron chi connectivity index (χ3n) is 2.21. The Morgan fingerprint density at radius 2 is 1.94 bits per heavy atom. The van der Waals surface area contributed by atoms with Crippen LogP contribution in [0.4, 0.5) is 4.79 Å². The maximum Gasteiger partial charge on any atom is 0.407 e. The number of alkyl carbamates (subject to hydrolysis) is 1. The van der Waals surface area contributed by atoms with Crippen LogP contribution in [0.25, 0.3) is 0 Å². The highest BCUT2D eigenvalue weighted by Gasteiger charge is 2.36. The lowest BCUT2D eigenvalue weighted by Crippen LogP contribution is -2.33. The highest BCUT2D eigenvalue weighted by molar-refractivity contribution is 5.67. The van der Waals surface area contributed by atoms with E-state index in [1.54, 1.807) is 0 Å². The number of hydrogen-bond donors (Lipinski definition) is 2. The molecule has 2 unspecified atom stereocenters. The number of rotatable bonds is 3. The van der Waals surface area contributed by atoms with Crippen LogP contribution in [0.3, 0.4) is 0 Å². The molecule has 1 aliphatic carbocycles. The first-order chi connectivity index (χ1) is 7.42. The fourth-order valence-corrected chi connectivity index (χ4v) is 1.31. The molecule has 16 heavy (non-hydrogen) atoms. The number of aliphatic hydroxyl groups is 1. The van der Waals surface area contributed by atoms with Gasteiger partial charge in [0.2, 0.25) is 0 Å². The second kappa shape index (κ2) is 6.74. The molecule has 4 heteroatoms. The Kier molecular flexibility index (Phi) is 6.41. The van der Waals surface area contributed by atoms with Crippen LogP contribution in [0.1, 0.15) is 41.0 Å². The first kappa shape index (κ1) is 15.2. The van der Waals surface area contributed by atoms with E-state index >= 15 is 0 Å². The van der Waals surface area contributed by atoms with Crippen molar-refractivity contribution in [2.24, 2.45) is 11.8 Å². The molecule has 1 rings (SSSR count). The van der Waals surface area contributed by atoms with E-state index in [-0.39, 0.29) is 12.7 Å². The summed E-state index contributed by atoms with van der Waals surface area (Å²) in [5, 5.41) is 11.5. The second-order valence-corrected chi connectivity index (χ2v) is 4.82. The van der Waals surface area contributed by atoms with Crippen molar-refractivity contribution in [2.45, 2.75) is 46.6 Å². The molecule has 1 fully saturated rings. The number of nitrogens with one attached hydrogen (secondary N) is 1. The highest BCUT2D eigenvalue weighted by atomic mass is 16.6. The molecule has 4 nitrogen and oxygen atoms in total. The van der Waals surface area contributed by atoms with Gasteiger partial charge < -0.3 is 15.2 Å². The maximum absolute atomic E-state index is 11.2. The molecule has 0 aromatic rings. The lowest BCUT2D eigenvalue weighted by atomic mass is 10.2. The first-order valence-electron chi connectivity index (χ1n) is 6.00. The SMILES string of the molecule is CC.CC(C)(C)OC(=O)NCC1CC1CO. The number of ether oxygens (including phenoxy) is 1. The third-order valence-corrected chi connectivity index (χ3v) is 2.21. The zero-order valence-electron chi connectivity index (χ0n) is 11.0. The topological polar surface area (TPSA) is 58.6 Å². The van der Waals surface area contributed by atoms with Crippen LogP contribution in [0.15, 0.2) is 0 Å². The molecule has 2 N–H and O–H groups in total. The molecule has 0 heterocycles. The van der Waals surface area contributed by atoms with Gasteiger partial charge in [-0.2, -0.15) is 0 Å². The third kappa shape index (κ3) is 6.67. The molecule has 0 aromatic carbocycles. The van der Waals surface area contributed by atoms with E-state index in [1.807, 2.05) is 34.6 Å². The van der Waals surface area contributed by atoms with E-state index in [0.29, 0.717) is 18.4 Å². The number of carbonyl (C=O) groups is 1. The van der Waals surface area contributed by atoms with Gasteiger partial charge in [-0.25, -0.2) is 4.79 Å². The van der Waals surface area contributed by atoms with E-state index in [4.69, 9.17) is 9.84 Å². The predicted octanol–water partition coefficient (Wildman–Crippen LogP) is 2.17. The van der Waals surface area contributed by atoms with Gasteiger partial charge in [-0.15, -0.1) is 0 Å². The molecule has 96 valence electrons. The van der Waals surface area contributed by atoms with E-state index in [2.05, 4.69) is 5.32 Å². The summed E-state index contributed by atoms with van der Waals surface area (Å²) in [5.74, 6) is 0.817. The van der Waals surface area contributed by atoms with Crippen LogP contribution in [-0.4, -0.2) is 30.0 Å². The maximum atomic E-state index is 11.2. The molecule has 0 aromatic heterocycles. The van der Waals surface area contributed by atoms with Crippen molar-refractivity contribution < 1.29 is 14.6 Å². The molecule has 1 amide bonds. The minimum Gasteiger partial charge on any atom is -0.444 e. The van der Waals surface area contributed by atoms with Crippen molar-refractivity contribution in [3.8, 4) is 0 Å². The fraction of sp³-hybridized carbons (Fsp3) is 0.917. The van der Waals surface area contributed by atoms with Crippen molar-refractivity contribution in [1.29, 1.82) is 0 Å². The van der Waals surface area contributed by atoms with Crippen molar-refractivity contribution in [3.63, 3.8) is 0 Å². The van der Waals surface area contributed by atoms with Gasteiger partial charge in [0.15, 0.2) is 0 Å². The van der Waals surface area contributed by atoms with Gasteiger partial charge in [-0.05, 0) is 39.0 Å². The number of carbonyl (C=O) groups excluding carboxylic acids is 1. The smallest absolute Gasteiger partial charge is 0.407 e. The average Bonchev–Trinajstić information content (AvgIpc) is 2.94. The lowest BCUT2D eigenvalue weighted by molar-refractivity contribution is 0.0524. The van der Waals surface area contributed by atoms with Crippen LogP contribution in [0.2, 0.25) is 0 Å². The van der Waals surface area contributed by atoms with Crippen molar-refractivity contribution in [1.82, 2.24) is 5.32 Å². The molecule has 0 spiro atoms. The van der Waals surface area contributed by atoms with Crippen LogP contribution in [0, 0.1) is 11.8 Å². The van der Waals surface area contributed by atoms with E-state index < -0.39 is 5.60 Å². The standard InChI is InChI=1S/C10H19NO3.C2H6/c1-10(2,3)14-9(13)11-5-7-4-8(7)6-12;1-2/h7-8,12H,4-6H2,1-3H3,(H,11,13);1-2H3. The largest absolute Gasteiger partial charge is 0.444 e. The van der Waals surface area contributed by atoms with Crippen molar-refractivity contribution >= 4 is 6.09 Å². The second-order valence-electron chi connectivity index (χ2n) is 4.82. The minimum absolute atomic E-state index is 0.223. The predicted molar refractivity (Wildman–Crippen MR) is 64.3 cm³/mol. The van der Waals surface area contributed by atoms with Crippen LogP contribution in [0.5, 0.6) is 0 Å². The van der Waals surface area contributed by atoms with Gasteiger partial charge in [0, 0.05) is 13.2 Å². The molecule has 0 aliphatic heterocycles. The summed E-state index contributed by atoms with van der Waals surface area (Å²) in [6.45, 7) is 10.3. The Hall–Kier alpha value is -0.770. The zero-order valence-corrected chi connectivity index (χ0v) is 11.0. The molecule has 0 saturated heterocycles. The quantitative estimate of drug-likeness (QED) is 0.782. The molecule has 1 aliphatic rings. The van der Waals surface area contributed by atoms with Gasteiger partial charge in [-0.3, -0.25) is 0 Å². The fourth-order valence-electron chi connectivity index (χ4n) is 1.31. The normalized spacial score (nSPS) is 22.9. The van der Waals surface area contributed by atoms with Gasteiger partial charge in [-0.1, -0.05) is 13.8 Å². The Bertz CT molecular complexity index is 211. The minimum atomic E-state index is -0.440. The molecule has 1 saturated carbocycles. The van der Waals surface area contributed by atoms with Gasteiger partial charge >= 0.3 is 6.09 Å². The Morgan fingerprint density at radius 1 is 1.38 bits per heavy atom. The summed E-state index contributed by atoms with van der Waals surface area (Å²) in [5.41, 5.74) is -0.440.